The molecular formula is C19H39N5O. The van der Waals surface area contributed by atoms with Crippen LogP contribution in [0.2, 0.25) is 0 Å². The Morgan fingerprint density at radius 2 is 2.00 bits per heavy atom. The van der Waals surface area contributed by atoms with Crippen molar-refractivity contribution < 1.29 is 4.74 Å². The molecule has 2 aliphatic heterocycles. The van der Waals surface area contributed by atoms with Crippen LogP contribution in [0.5, 0.6) is 0 Å². The van der Waals surface area contributed by atoms with Crippen molar-refractivity contribution in [1.82, 2.24) is 20.4 Å². The lowest BCUT2D eigenvalue weighted by atomic mass is 9.99. The summed E-state index contributed by atoms with van der Waals surface area (Å²) in [5.74, 6) is 1.71. The lowest BCUT2D eigenvalue weighted by molar-refractivity contribution is 0.155. The molecule has 0 saturated carbocycles. The minimum atomic E-state index is 0.547. The molecule has 0 radical (unpaired) electrons. The Bertz CT molecular complexity index is 382. The average Bonchev–Trinajstić information content (AvgIpc) is 2.62. The van der Waals surface area contributed by atoms with Gasteiger partial charge >= 0.3 is 0 Å². The SMILES string of the molecule is CCNC(=NCC1CCCN(C)C1)NC1CCN(CCCOC)CC1. The second-order valence-electron chi connectivity index (χ2n) is 7.60. The molecule has 1 unspecified atom stereocenters. The van der Waals surface area contributed by atoms with Crippen molar-refractivity contribution in [3.63, 3.8) is 0 Å². The van der Waals surface area contributed by atoms with Gasteiger partial charge in [-0.15, -0.1) is 0 Å². The number of guanidine groups is 1. The molecule has 0 spiro atoms. The monoisotopic (exact) mass is 353 g/mol. The summed E-state index contributed by atoms with van der Waals surface area (Å²) in [5, 5.41) is 7.10. The van der Waals surface area contributed by atoms with E-state index in [4.69, 9.17) is 9.73 Å². The van der Waals surface area contributed by atoms with Gasteiger partial charge in [-0.25, -0.2) is 0 Å². The highest BCUT2D eigenvalue weighted by molar-refractivity contribution is 5.80. The van der Waals surface area contributed by atoms with Crippen LogP contribution in [0.4, 0.5) is 0 Å². The summed E-state index contributed by atoms with van der Waals surface area (Å²) in [5.41, 5.74) is 0. The minimum Gasteiger partial charge on any atom is -0.385 e. The van der Waals surface area contributed by atoms with Gasteiger partial charge in [-0.2, -0.15) is 0 Å². The first-order valence-electron chi connectivity index (χ1n) is 10.2. The summed E-state index contributed by atoms with van der Waals surface area (Å²) >= 11 is 0. The largest absolute Gasteiger partial charge is 0.385 e. The lowest BCUT2D eigenvalue weighted by Crippen LogP contribution is -2.49. The van der Waals surface area contributed by atoms with E-state index in [1.165, 1.54) is 51.9 Å². The van der Waals surface area contributed by atoms with Gasteiger partial charge in [0.25, 0.3) is 0 Å². The lowest BCUT2D eigenvalue weighted by Gasteiger charge is -2.33. The molecule has 2 aliphatic rings. The third kappa shape index (κ3) is 7.92. The Labute approximate surface area is 154 Å². The highest BCUT2D eigenvalue weighted by Gasteiger charge is 2.20. The second-order valence-corrected chi connectivity index (χ2v) is 7.60. The average molecular weight is 354 g/mol. The highest BCUT2D eigenvalue weighted by atomic mass is 16.5. The zero-order valence-electron chi connectivity index (χ0n) is 16.6. The van der Waals surface area contributed by atoms with Gasteiger partial charge in [0.05, 0.1) is 0 Å². The van der Waals surface area contributed by atoms with E-state index in [2.05, 4.69) is 34.4 Å². The number of hydrogen-bond donors (Lipinski definition) is 2. The van der Waals surface area contributed by atoms with E-state index in [0.29, 0.717) is 12.0 Å². The molecule has 146 valence electrons. The van der Waals surface area contributed by atoms with Crippen LogP contribution in [0.25, 0.3) is 0 Å². The smallest absolute Gasteiger partial charge is 0.191 e. The predicted octanol–water partition coefficient (Wildman–Crippen LogP) is 1.38. The second kappa shape index (κ2) is 11.7. The molecule has 2 fully saturated rings. The minimum absolute atomic E-state index is 0.547. The normalized spacial score (nSPS) is 24.4. The molecule has 0 bridgehead atoms. The van der Waals surface area contributed by atoms with Crippen molar-refractivity contribution in [3.8, 4) is 0 Å². The number of hydrogen-bond acceptors (Lipinski definition) is 4. The van der Waals surface area contributed by atoms with Crippen molar-refractivity contribution in [2.24, 2.45) is 10.9 Å². The summed E-state index contributed by atoms with van der Waals surface area (Å²) in [4.78, 5) is 9.87. The Hall–Kier alpha value is -0.850. The van der Waals surface area contributed by atoms with Gasteiger partial charge in [-0.05, 0) is 58.5 Å². The van der Waals surface area contributed by atoms with E-state index >= 15 is 0 Å². The van der Waals surface area contributed by atoms with Crippen LogP contribution in [0, 0.1) is 5.92 Å². The maximum absolute atomic E-state index is 5.15. The molecule has 1 atom stereocenters. The Balaban J connectivity index is 1.72. The Morgan fingerprint density at radius 1 is 1.20 bits per heavy atom. The standard InChI is InChI=1S/C19H39N5O/c1-4-20-19(21-15-17-7-5-10-23(2)16-17)22-18-8-12-24(13-9-18)11-6-14-25-3/h17-18H,4-16H2,1-3H3,(H2,20,21,22). The fourth-order valence-electron chi connectivity index (χ4n) is 3.89. The molecule has 2 N–H and O–H groups in total. The molecule has 0 aromatic carbocycles. The van der Waals surface area contributed by atoms with Crippen molar-refractivity contribution in [3.05, 3.63) is 0 Å². The summed E-state index contributed by atoms with van der Waals surface area (Å²) in [6.07, 6.45) is 6.15. The number of methoxy groups -OCH3 is 1. The zero-order chi connectivity index (χ0) is 17.9. The molecular weight excluding hydrogens is 314 g/mol. The van der Waals surface area contributed by atoms with Crippen LogP contribution < -0.4 is 10.6 Å². The summed E-state index contributed by atoms with van der Waals surface area (Å²) in [6.45, 7) is 10.8. The van der Waals surface area contributed by atoms with Crippen LogP contribution in [0.15, 0.2) is 4.99 Å². The van der Waals surface area contributed by atoms with Crippen molar-refractivity contribution in [1.29, 1.82) is 0 Å². The summed E-state index contributed by atoms with van der Waals surface area (Å²) in [7, 11) is 4.00. The quantitative estimate of drug-likeness (QED) is 0.392. The molecule has 0 aliphatic carbocycles. The van der Waals surface area contributed by atoms with Crippen molar-refractivity contribution in [2.45, 2.75) is 45.1 Å². The first-order valence-corrected chi connectivity index (χ1v) is 10.2. The molecule has 0 amide bonds. The number of nitrogens with one attached hydrogen (secondary N) is 2. The number of nitrogens with zero attached hydrogens (tertiary/aromatic N) is 3. The van der Waals surface area contributed by atoms with Gasteiger partial charge in [0.2, 0.25) is 0 Å². The first kappa shape index (κ1) is 20.5. The van der Waals surface area contributed by atoms with Crippen LogP contribution in [-0.2, 0) is 4.74 Å². The zero-order valence-corrected chi connectivity index (χ0v) is 16.6. The third-order valence-corrected chi connectivity index (χ3v) is 5.33. The number of likely N-dealkylation sites (tertiary alicyclic amines) is 2. The maximum Gasteiger partial charge on any atom is 0.191 e. The van der Waals surface area contributed by atoms with Gasteiger partial charge in [0, 0.05) is 59.0 Å². The Morgan fingerprint density at radius 3 is 2.68 bits per heavy atom. The van der Waals surface area contributed by atoms with E-state index in [9.17, 15) is 0 Å². The molecule has 6 nitrogen and oxygen atoms in total. The fourth-order valence-corrected chi connectivity index (χ4v) is 3.89. The molecule has 25 heavy (non-hydrogen) atoms. The van der Waals surface area contributed by atoms with E-state index in [1.54, 1.807) is 7.11 Å². The molecule has 2 saturated heterocycles. The molecule has 0 aromatic rings. The van der Waals surface area contributed by atoms with Gasteiger partial charge in [0.15, 0.2) is 5.96 Å². The van der Waals surface area contributed by atoms with Crippen molar-refractivity contribution >= 4 is 5.96 Å². The van der Waals surface area contributed by atoms with Gasteiger partial charge in [-0.1, -0.05) is 0 Å². The first-order chi connectivity index (χ1) is 12.2. The van der Waals surface area contributed by atoms with Crippen molar-refractivity contribution in [2.75, 3.05) is 66.6 Å². The highest BCUT2D eigenvalue weighted by Crippen LogP contribution is 2.15. The van der Waals surface area contributed by atoms with Crippen LogP contribution in [0.3, 0.4) is 0 Å². The van der Waals surface area contributed by atoms with Gasteiger partial charge in [-0.3, -0.25) is 4.99 Å². The molecule has 0 aromatic heterocycles. The van der Waals surface area contributed by atoms with E-state index in [-0.39, 0.29) is 0 Å². The number of ether oxygens (including phenoxy) is 1. The molecule has 2 rings (SSSR count). The maximum atomic E-state index is 5.15. The predicted molar refractivity (Wildman–Crippen MR) is 105 cm³/mol. The van der Waals surface area contributed by atoms with E-state index in [1.807, 2.05) is 0 Å². The van der Waals surface area contributed by atoms with Gasteiger partial charge < -0.3 is 25.2 Å². The van der Waals surface area contributed by atoms with Crippen LogP contribution >= 0.6 is 0 Å². The third-order valence-electron chi connectivity index (χ3n) is 5.33. The topological polar surface area (TPSA) is 52.1 Å². The van der Waals surface area contributed by atoms with E-state index in [0.717, 1.165) is 38.6 Å². The number of rotatable bonds is 8. The molecule has 6 heteroatoms. The number of piperidine rings is 2. The summed E-state index contributed by atoms with van der Waals surface area (Å²) < 4.78 is 5.15. The van der Waals surface area contributed by atoms with Gasteiger partial charge in [0.1, 0.15) is 0 Å². The van der Waals surface area contributed by atoms with E-state index < -0.39 is 0 Å². The molecule has 2 heterocycles. The number of aliphatic imine (C=N–C) groups is 1. The van der Waals surface area contributed by atoms with Crippen LogP contribution in [-0.4, -0.2) is 88.4 Å². The van der Waals surface area contributed by atoms with Crippen LogP contribution in [0.1, 0.15) is 39.0 Å². The Kier molecular flexibility index (Phi) is 9.58. The summed E-state index contributed by atoms with van der Waals surface area (Å²) in [6, 6.07) is 0.547. The fraction of sp³-hybridized carbons (Fsp3) is 0.947.